The molecule has 0 unspecified atom stereocenters. The van der Waals surface area contributed by atoms with Gasteiger partial charge in [-0.2, -0.15) is 0 Å². The molecule has 0 heterocycles. The van der Waals surface area contributed by atoms with Crippen molar-refractivity contribution in [1.29, 1.82) is 0 Å². The molecule has 5 heteroatoms. The van der Waals surface area contributed by atoms with Crippen LogP contribution in [0.15, 0.2) is 48.5 Å². The zero-order valence-corrected chi connectivity index (χ0v) is 11.2. The zero-order valence-electron chi connectivity index (χ0n) is 10.4. The fraction of sp³-hybridized carbons (Fsp3) is 0.0667. The van der Waals surface area contributed by atoms with Gasteiger partial charge in [0, 0.05) is 0 Å². The van der Waals surface area contributed by atoms with Gasteiger partial charge in [-0.1, -0.05) is 48.0 Å². The molecule has 1 N–H and O–H groups in total. The van der Waals surface area contributed by atoms with Crippen molar-refractivity contribution in [2.24, 2.45) is 0 Å². The number of hydrogen-bond acceptors (Lipinski definition) is 2. The number of hydrogen-bond donors (Lipinski definition) is 1. The Kier molecular flexibility index (Phi) is 4.48. The largest absolute Gasteiger partial charge is 0.292 e. The van der Waals surface area contributed by atoms with Gasteiger partial charge in [0.1, 0.15) is 5.82 Å². The Balaban J connectivity index is 2.07. The molecular formula is C15H11ClFNO2. The minimum Gasteiger partial charge on any atom is -0.292 e. The molecule has 2 rings (SSSR count). The molecule has 2 amide bonds. The molecule has 2 aromatic carbocycles. The number of rotatable bonds is 3. The highest BCUT2D eigenvalue weighted by molar-refractivity contribution is 6.34. The van der Waals surface area contributed by atoms with Crippen molar-refractivity contribution in [2.45, 2.75) is 6.42 Å². The van der Waals surface area contributed by atoms with Crippen LogP contribution in [0.25, 0.3) is 0 Å². The lowest BCUT2D eigenvalue weighted by Crippen LogP contribution is -2.32. The minimum absolute atomic E-state index is 0.0324. The van der Waals surface area contributed by atoms with Crippen molar-refractivity contribution in [1.82, 2.24) is 5.32 Å². The van der Waals surface area contributed by atoms with Crippen LogP contribution < -0.4 is 5.32 Å². The summed E-state index contributed by atoms with van der Waals surface area (Å²) in [7, 11) is 0. The SMILES string of the molecule is O=C(Cc1ccccc1)NC(=O)c1c(F)cccc1Cl. The van der Waals surface area contributed by atoms with Gasteiger partial charge >= 0.3 is 0 Å². The van der Waals surface area contributed by atoms with E-state index in [1.165, 1.54) is 12.1 Å². The lowest BCUT2D eigenvalue weighted by Gasteiger charge is -2.06. The third-order valence-corrected chi connectivity index (χ3v) is 2.97. The summed E-state index contributed by atoms with van der Waals surface area (Å²) in [5.41, 5.74) is 0.438. The van der Waals surface area contributed by atoms with Crippen LogP contribution in [-0.4, -0.2) is 11.8 Å². The van der Waals surface area contributed by atoms with E-state index >= 15 is 0 Å². The van der Waals surface area contributed by atoms with Crippen molar-refractivity contribution in [2.75, 3.05) is 0 Å². The molecule has 0 aliphatic heterocycles. The fourth-order valence-electron chi connectivity index (χ4n) is 1.73. The molecule has 102 valence electrons. The standard InChI is InChI=1S/C15H11ClFNO2/c16-11-7-4-8-12(17)14(11)15(20)18-13(19)9-10-5-2-1-3-6-10/h1-8H,9H2,(H,18,19,20). The molecule has 0 spiro atoms. The second-order valence-corrected chi connectivity index (χ2v) is 4.54. The predicted octanol–water partition coefficient (Wildman–Crippen LogP) is 2.98. The van der Waals surface area contributed by atoms with Crippen molar-refractivity contribution in [3.8, 4) is 0 Å². The molecule has 0 aromatic heterocycles. The van der Waals surface area contributed by atoms with E-state index in [4.69, 9.17) is 11.6 Å². The molecule has 0 aliphatic carbocycles. The average molecular weight is 292 g/mol. The minimum atomic E-state index is -0.839. The summed E-state index contributed by atoms with van der Waals surface area (Å²) in [6.07, 6.45) is 0.0403. The monoisotopic (exact) mass is 291 g/mol. The highest BCUT2D eigenvalue weighted by Crippen LogP contribution is 2.18. The van der Waals surface area contributed by atoms with E-state index < -0.39 is 17.6 Å². The molecule has 2 aromatic rings. The normalized spacial score (nSPS) is 10.1. The van der Waals surface area contributed by atoms with Gasteiger partial charge in [0.2, 0.25) is 5.91 Å². The lowest BCUT2D eigenvalue weighted by atomic mass is 10.1. The maximum absolute atomic E-state index is 13.5. The fourth-order valence-corrected chi connectivity index (χ4v) is 1.98. The van der Waals surface area contributed by atoms with Crippen molar-refractivity contribution >= 4 is 23.4 Å². The third kappa shape index (κ3) is 3.42. The highest BCUT2D eigenvalue weighted by atomic mass is 35.5. The molecule has 0 bridgehead atoms. The summed E-state index contributed by atoms with van der Waals surface area (Å²) in [5, 5.41) is 2.09. The van der Waals surface area contributed by atoms with E-state index in [0.717, 1.165) is 11.6 Å². The van der Waals surface area contributed by atoms with Gasteiger partial charge in [-0.05, 0) is 17.7 Å². The van der Waals surface area contributed by atoms with Crippen LogP contribution in [0, 0.1) is 5.82 Å². The summed E-state index contributed by atoms with van der Waals surface area (Å²) in [4.78, 5) is 23.6. The predicted molar refractivity (Wildman–Crippen MR) is 74.0 cm³/mol. The van der Waals surface area contributed by atoms with E-state index in [2.05, 4.69) is 5.32 Å². The number of halogens is 2. The molecular weight excluding hydrogens is 281 g/mol. The summed E-state index contributed by atoms with van der Waals surface area (Å²) >= 11 is 5.76. The lowest BCUT2D eigenvalue weighted by molar-refractivity contribution is -0.119. The van der Waals surface area contributed by atoms with Crippen LogP contribution >= 0.6 is 11.6 Å². The molecule has 3 nitrogen and oxygen atoms in total. The Morgan fingerprint density at radius 3 is 2.40 bits per heavy atom. The average Bonchev–Trinajstić information content (AvgIpc) is 2.39. The Labute approximate surface area is 120 Å². The summed E-state index contributed by atoms with van der Waals surface area (Å²) < 4.78 is 13.5. The quantitative estimate of drug-likeness (QED) is 0.945. The first-order valence-corrected chi connectivity index (χ1v) is 6.28. The van der Waals surface area contributed by atoms with Crippen LogP contribution in [-0.2, 0) is 11.2 Å². The van der Waals surface area contributed by atoms with E-state index in [1.54, 1.807) is 24.3 Å². The van der Waals surface area contributed by atoms with Crippen molar-refractivity contribution in [3.05, 3.63) is 70.5 Å². The molecule has 0 atom stereocenters. The third-order valence-electron chi connectivity index (χ3n) is 2.65. The van der Waals surface area contributed by atoms with Gasteiger partial charge in [-0.15, -0.1) is 0 Å². The Bertz CT molecular complexity index is 623. The van der Waals surface area contributed by atoms with Crippen LogP contribution in [0.5, 0.6) is 0 Å². The molecule has 0 radical (unpaired) electrons. The van der Waals surface area contributed by atoms with Crippen molar-refractivity contribution < 1.29 is 14.0 Å². The van der Waals surface area contributed by atoms with Gasteiger partial charge in [-0.3, -0.25) is 14.9 Å². The van der Waals surface area contributed by atoms with Crippen LogP contribution in [0.3, 0.4) is 0 Å². The molecule has 0 saturated heterocycles. The maximum Gasteiger partial charge on any atom is 0.262 e. The molecule has 0 fully saturated rings. The van der Waals surface area contributed by atoms with Crippen molar-refractivity contribution in [3.63, 3.8) is 0 Å². The van der Waals surface area contributed by atoms with Gasteiger partial charge in [0.15, 0.2) is 0 Å². The van der Waals surface area contributed by atoms with Gasteiger partial charge in [-0.25, -0.2) is 4.39 Å². The second kappa shape index (κ2) is 6.30. The Morgan fingerprint density at radius 2 is 1.75 bits per heavy atom. The highest BCUT2D eigenvalue weighted by Gasteiger charge is 2.17. The number of amides is 2. The van der Waals surface area contributed by atoms with E-state index in [-0.39, 0.29) is 17.0 Å². The van der Waals surface area contributed by atoms with E-state index in [9.17, 15) is 14.0 Å². The maximum atomic E-state index is 13.5. The van der Waals surface area contributed by atoms with E-state index in [0.29, 0.717) is 0 Å². The smallest absolute Gasteiger partial charge is 0.262 e. The van der Waals surface area contributed by atoms with Gasteiger partial charge < -0.3 is 0 Å². The summed E-state index contributed by atoms with van der Waals surface area (Å²) in [6, 6.07) is 12.8. The molecule has 0 saturated carbocycles. The number of benzene rings is 2. The first-order valence-electron chi connectivity index (χ1n) is 5.90. The van der Waals surface area contributed by atoms with Gasteiger partial charge in [0.05, 0.1) is 17.0 Å². The molecule has 0 aliphatic rings. The van der Waals surface area contributed by atoms with Gasteiger partial charge in [0.25, 0.3) is 5.91 Å². The number of carbonyl (C=O) groups is 2. The van der Waals surface area contributed by atoms with Crippen LogP contribution in [0.1, 0.15) is 15.9 Å². The summed E-state index contributed by atoms with van der Waals surface area (Å²) in [5.74, 6) is -2.11. The second-order valence-electron chi connectivity index (χ2n) is 4.14. The number of carbonyl (C=O) groups excluding carboxylic acids is 2. The number of nitrogens with one attached hydrogen (secondary N) is 1. The Hall–Kier alpha value is -2.20. The summed E-state index contributed by atoms with van der Waals surface area (Å²) in [6.45, 7) is 0. The van der Waals surface area contributed by atoms with Crippen LogP contribution in [0.4, 0.5) is 4.39 Å². The first-order chi connectivity index (χ1) is 9.58. The van der Waals surface area contributed by atoms with Crippen LogP contribution in [0.2, 0.25) is 5.02 Å². The zero-order chi connectivity index (χ0) is 14.5. The first kappa shape index (κ1) is 14.2. The number of imide groups is 1. The van der Waals surface area contributed by atoms with E-state index in [1.807, 2.05) is 6.07 Å². The molecule has 20 heavy (non-hydrogen) atoms. The Morgan fingerprint density at radius 1 is 1.05 bits per heavy atom. The topological polar surface area (TPSA) is 46.2 Å².